The van der Waals surface area contributed by atoms with Gasteiger partial charge in [0.15, 0.2) is 11.5 Å². The van der Waals surface area contributed by atoms with E-state index in [1.165, 1.54) is 13.3 Å². The van der Waals surface area contributed by atoms with Crippen molar-refractivity contribution in [2.75, 3.05) is 20.3 Å². The fourth-order valence-electron chi connectivity index (χ4n) is 2.20. The molecular formula is C19H21ClN2O4. The van der Waals surface area contributed by atoms with Gasteiger partial charge in [-0.1, -0.05) is 11.6 Å². The summed E-state index contributed by atoms with van der Waals surface area (Å²) in [5.74, 6) is 1.36. The van der Waals surface area contributed by atoms with Crippen molar-refractivity contribution in [1.29, 1.82) is 0 Å². The van der Waals surface area contributed by atoms with E-state index in [-0.39, 0.29) is 5.91 Å². The third kappa shape index (κ3) is 5.13. The van der Waals surface area contributed by atoms with Gasteiger partial charge in [-0.15, -0.1) is 0 Å². The fraction of sp³-hybridized carbons (Fsp3) is 0.263. The number of carbonyl (C=O) groups is 1. The van der Waals surface area contributed by atoms with E-state index >= 15 is 0 Å². The molecule has 0 aliphatic carbocycles. The summed E-state index contributed by atoms with van der Waals surface area (Å²) in [4.78, 5) is 12.1. The number of hydrogen-bond acceptors (Lipinski definition) is 5. The summed E-state index contributed by atoms with van der Waals surface area (Å²) in [7, 11) is 1.53. The molecule has 0 saturated heterocycles. The highest BCUT2D eigenvalue weighted by Gasteiger charge is 2.11. The van der Waals surface area contributed by atoms with Crippen LogP contribution in [-0.4, -0.2) is 32.4 Å². The third-order valence-electron chi connectivity index (χ3n) is 3.35. The Bertz CT molecular complexity index is 776. The molecule has 0 heterocycles. The standard InChI is InChI=1S/C19H21ClN2O4/c1-4-25-15-8-6-14(7-9-15)19(23)22-21-12-13-10-16(20)18(26-5-2)17(11-13)24-3/h6-12H,4-5H2,1-3H3,(H,22,23)/b21-12+. The molecule has 7 heteroatoms. The Kier molecular flexibility index (Phi) is 7.29. The van der Waals surface area contributed by atoms with E-state index in [9.17, 15) is 4.79 Å². The average molecular weight is 377 g/mol. The lowest BCUT2D eigenvalue weighted by Crippen LogP contribution is -2.17. The van der Waals surface area contributed by atoms with E-state index in [2.05, 4.69) is 10.5 Å². The summed E-state index contributed by atoms with van der Waals surface area (Å²) >= 11 is 6.20. The number of amides is 1. The van der Waals surface area contributed by atoms with Crippen molar-refractivity contribution in [2.24, 2.45) is 5.10 Å². The van der Waals surface area contributed by atoms with E-state index in [0.29, 0.717) is 46.6 Å². The quantitative estimate of drug-likeness (QED) is 0.560. The minimum Gasteiger partial charge on any atom is -0.494 e. The number of hydrazone groups is 1. The van der Waals surface area contributed by atoms with Crippen LogP contribution in [0.3, 0.4) is 0 Å². The van der Waals surface area contributed by atoms with Crippen molar-refractivity contribution >= 4 is 23.7 Å². The number of carbonyl (C=O) groups excluding carboxylic acids is 1. The van der Waals surface area contributed by atoms with Crippen LogP contribution in [-0.2, 0) is 0 Å². The van der Waals surface area contributed by atoms with Crippen LogP contribution in [0, 0.1) is 0 Å². The minimum atomic E-state index is -0.326. The van der Waals surface area contributed by atoms with Crippen LogP contribution >= 0.6 is 11.6 Å². The largest absolute Gasteiger partial charge is 0.494 e. The predicted molar refractivity (Wildman–Crippen MR) is 102 cm³/mol. The molecule has 0 radical (unpaired) electrons. The van der Waals surface area contributed by atoms with Crippen molar-refractivity contribution in [1.82, 2.24) is 5.43 Å². The Balaban J connectivity index is 2.05. The molecule has 138 valence electrons. The molecule has 0 atom stereocenters. The summed E-state index contributed by atoms with van der Waals surface area (Å²) in [6.07, 6.45) is 1.48. The van der Waals surface area contributed by atoms with Gasteiger partial charge >= 0.3 is 0 Å². The number of ether oxygens (including phenoxy) is 3. The number of benzene rings is 2. The Hall–Kier alpha value is -2.73. The lowest BCUT2D eigenvalue weighted by atomic mass is 10.2. The number of rotatable bonds is 8. The highest BCUT2D eigenvalue weighted by molar-refractivity contribution is 6.32. The molecule has 26 heavy (non-hydrogen) atoms. The first kappa shape index (κ1) is 19.6. The van der Waals surface area contributed by atoms with Gasteiger partial charge in [0.05, 0.1) is 31.6 Å². The first-order valence-electron chi connectivity index (χ1n) is 8.15. The topological polar surface area (TPSA) is 69.2 Å². The summed E-state index contributed by atoms with van der Waals surface area (Å²) in [6.45, 7) is 4.81. The van der Waals surface area contributed by atoms with Gasteiger partial charge in [-0.05, 0) is 55.8 Å². The highest BCUT2D eigenvalue weighted by atomic mass is 35.5. The first-order chi connectivity index (χ1) is 12.6. The molecule has 0 unspecified atom stereocenters. The normalized spacial score (nSPS) is 10.6. The third-order valence-corrected chi connectivity index (χ3v) is 3.63. The van der Waals surface area contributed by atoms with Gasteiger partial charge in [-0.25, -0.2) is 5.43 Å². The maximum atomic E-state index is 12.1. The van der Waals surface area contributed by atoms with E-state index in [1.54, 1.807) is 36.4 Å². The van der Waals surface area contributed by atoms with Gasteiger partial charge in [0.2, 0.25) is 0 Å². The molecule has 0 spiro atoms. The molecule has 1 N–H and O–H groups in total. The van der Waals surface area contributed by atoms with Gasteiger partial charge in [-0.2, -0.15) is 5.10 Å². The molecule has 1 amide bonds. The van der Waals surface area contributed by atoms with Crippen molar-refractivity contribution in [3.63, 3.8) is 0 Å². The zero-order valence-corrected chi connectivity index (χ0v) is 15.7. The van der Waals surface area contributed by atoms with Crippen molar-refractivity contribution in [3.05, 3.63) is 52.5 Å². The lowest BCUT2D eigenvalue weighted by molar-refractivity contribution is 0.0955. The fourth-order valence-corrected chi connectivity index (χ4v) is 2.47. The highest BCUT2D eigenvalue weighted by Crippen LogP contribution is 2.35. The number of methoxy groups -OCH3 is 1. The van der Waals surface area contributed by atoms with Crippen molar-refractivity contribution in [2.45, 2.75) is 13.8 Å². The zero-order chi connectivity index (χ0) is 18.9. The zero-order valence-electron chi connectivity index (χ0n) is 14.9. The van der Waals surface area contributed by atoms with Crippen LogP contribution in [0.2, 0.25) is 5.02 Å². The second-order valence-corrected chi connectivity index (χ2v) is 5.53. The Labute approximate surface area is 157 Å². The molecule has 0 aromatic heterocycles. The molecule has 0 aliphatic rings. The SMILES string of the molecule is CCOc1ccc(C(=O)N/N=C/c2cc(Cl)c(OCC)c(OC)c2)cc1. The smallest absolute Gasteiger partial charge is 0.271 e. The van der Waals surface area contributed by atoms with Crippen molar-refractivity contribution < 1.29 is 19.0 Å². The summed E-state index contributed by atoms with van der Waals surface area (Å²) in [5.41, 5.74) is 3.62. The van der Waals surface area contributed by atoms with Crippen LogP contribution in [0.4, 0.5) is 0 Å². The van der Waals surface area contributed by atoms with Crippen molar-refractivity contribution in [3.8, 4) is 17.2 Å². The van der Waals surface area contributed by atoms with Gasteiger partial charge in [-0.3, -0.25) is 4.79 Å². The maximum Gasteiger partial charge on any atom is 0.271 e. The van der Waals surface area contributed by atoms with E-state index < -0.39 is 0 Å². The summed E-state index contributed by atoms with van der Waals surface area (Å²) in [5, 5.41) is 4.37. The summed E-state index contributed by atoms with van der Waals surface area (Å²) < 4.78 is 16.1. The van der Waals surface area contributed by atoms with Gasteiger partial charge in [0, 0.05) is 5.56 Å². The monoisotopic (exact) mass is 376 g/mol. The van der Waals surface area contributed by atoms with E-state index in [1.807, 2.05) is 13.8 Å². The summed E-state index contributed by atoms with van der Waals surface area (Å²) in [6, 6.07) is 10.2. The number of halogens is 1. The molecule has 6 nitrogen and oxygen atoms in total. The van der Waals surface area contributed by atoms with Crippen LogP contribution in [0.25, 0.3) is 0 Å². The van der Waals surface area contributed by atoms with Crippen LogP contribution in [0.1, 0.15) is 29.8 Å². The molecular weight excluding hydrogens is 356 g/mol. The molecule has 2 aromatic rings. The Morgan fingerprint density at radius 3 is 2.46 bits per heavy atom. The average Bonchev–Trinajstić information content (AvgIpc) is 2.64. The van der Waals surface area contributed by atoms with Gasteiger partial charge in [0.1, 0.15) is 5.75 Å². The molecule has 2 aromatic carbocycles. The second-order valence-electron chi connectivity index (χ2n) is 5.12. The number of nitrogens with zero attached hydrogens (tertiary/aromatic N) is 1. The van der Waals surface area contributed by atoms with Crippen LogP contribution < -0.4 is 19.6 Å². The molecule has 0 saturated carbocycles. The second kappa shape index (κ2) is 9.68. The van der Waals surface area contributed by atoms with Gasteiger partial charge < -0.3 is 14.2 Å². The van der Waals surface area contributed by atoms with Crippen LogP contribution in [0.15, 0.2) is 41.5 Å². The van der Waals surface area contributed by atoms with E-state index in [4.69, 9.17) is 25.8 Å². The lowest BCUT2D eigenvalue weighted by Gasteiger charge is -2.11. The maximum absolute atomic E-state index is 12.1. The van der Waals surface area contributed by atoms with E-state index in [0.717, 1.165) is 0 Å². The molecule has 0 aliphatic heterocycles. The Morgan fingerprint density at radius 1 is 1.15 bits per heavy atom. The number of hydrogen-bond donors (Lipinski definition) is 1. The first-order valence-corrected chi connectivity index (χ1v) is 8.53. The van der Waals surface area contributed by atoms with Crippen LogP contribution in [0.5, 0.6) is 17.2 Å². The molecule has 0 fully saturated rings. The predicted octanol–water partition coefficient (Wildman–Crippen LogP) is 3.91. The minimum absolute atomic E-state index is 0.326. The number of nitrogens with one attached hydrogen (secondary N) is 1. The Morgan fingerprint density at radius 2 is 1.85 bits per heavy atom. The molecule has 0 bridgehead atoms. The van der Waals surface area contributed by atoms with Gasteiger partial charge in [0.25, 0.3) is 5.91 Å². The molecule has 2 rings (SSSR count).